The zero-order valence-corrected chi connectivity index (χ0v) is 10.7. The Balaban J connectivity index is 2.90. The molecule has 0 radical (unpaired) electrons. The fourth-order valence-electron chi connectivity index (χ4n) is 1.96. The summed E-state index contributed by atoms with van der Waals surface area (Å²) in [5.41, 5.74) is 8.56. The standard InChI is InChI=1S/C14H24N2/c1-4-6-11-16(5-2)14-10-8-7-9-13(14)12(3)15/h7-10,12H,4-6,11,15H2,1-3H3/t12-/m1/s1. The Hall–Kier alpha value is -1.02. The number of benzene rings is 1. The van der Waals surface area contributed by atoms with Crippen molar-refractivity contribution in [2.45, 2.75) is 39.7 Å². The Morgan fingerprint density at radius 2 is 1.94 bits per heavy atom. The summed E-state index contributed by atoms with van der Waals surface area (Å²) in [4.78, 5) is 2.42. The van der Waals surface area contributed by atoms with Crippen molar-refractivity contribution in [3.05, 3.63) is 29.8 Å². The molecule has 0 fully saturated rings. The fourth-order valence-corrected chi connectivity index (χ4v) is 1.96. The van der Waals surface area contributed by atoms with Crippen molar-refractivity contribution in [1.29, 1.82) is 0 Å². The molecule has 0 aliphatic carbocycles. The molecule has 0 heterocycles. The lowest BCUT2D eigenvalue weighted by Crippen LogP contribution is -2.26. The zero-order valence-electron chi connectivity index (χ0n) is 10.7. The van der Waals surface area contributed by atoms with E-state index in [0.29, 0.717) is 0 Å². The van der Waals surface area contributed by atoms with Crippen LogP contribution in [-0.2, 0) is 0 Å². The summed E-state index contributed by atoms with van der Waals surface area (Å²) in [7, 11) is 0. The van der Waals surface area contributed by atoms with Gasteiger partial charge < -0.3 is 10.6 Å². The van der Waals surface area contributed by atoms with E-state index in [4.69, 9.17) is 5.73 Å². The Bertz CT molecular complexity index is 307. The molecule has 0 saturated heterocycles. The average Bonchev–Trinajstić information content (AvgIpc) is 2.30. The average molecular weight is 220 g/mol. The van der Waals surface area contributed by atoms with E-state index in [1.54, 1.807) is 0 Å². The maximum Gasteiger partial charge on any atom is 0.0414 e. The molecule has 0 aliphatic rings. The maximum absolute atomic E-state index is 6.01. The summed E-state index contributed by atoms with van der Waals surface area (Å²) in [5.74, 6) is 0. The minimum atomic E-state index is 0.104. The van der Waals surface area contributed by atoms with Crippen LogP contribution in [0.25, 0.3) is 0 Å². The third kappa shape index (κ3) is 3.24. The predicted molar refractivity (Wildman–Crippen MR) is 71.8 cm³/mol. The fraction of sp³-hybridized carbons (Fsp3) is 0.571. The van der Waals surface area contributed by atoms with E-state index in [9.17, 15) is 0 Å². The number of rotatable bonds is 6. The molecule has 1 aromatic rings. The molecule has 0 amide bonds. The summed E-state index contributed by atoms with van der Waals surface area (Å²) >= 11 is 0. The van der Waals surface area contributed by atoms with Crippen LogP contribution in [0.3, 0.4) is 0 Å². The molecule has 0 spiro atoms. The molecule has 2 N–H and O–H groups in total. The second-order valence-corrected chi connectivity index (χ2v) is 4.28. The molecule has 0 bridgehead atoms. The lowest BCUT2D eigenvalue weighted by Gasteiger charge is -2.26. The molecular formula is C14H24N2. The van der Waals surface area contributed by atoms with E-state index >= 15 is 0 Å². The first-order valence-corrected chi connectivity index (χ1v) is 6.30. The van der Waals surface area contributed by atoms with Gasteiger partial charge in [-0.1, -0.05) is 31.5 Å². The van der Waals surface area contributed by atoms with E-state index in [1.165, 1.54) is 24.1 Å². The van der Waals surface area contributed by atoms with Gasteiger partial charge >= 0.3 is 0 Å². The summed E-state index contributed by atoms with van der Waals surface area (Å²) in [6, 6.07) is 8.57. The third-order valence-corrected chi connectivity index (χ3v) is 2.93. The first-order valence-electron chi connectivity index (χ1n) is 6.30. The summed E-state index contributed by atoms with van der Waals surface area (Å²) in [6.07, 6.45) is 2.47. The highest BCUT2D eigenvalue weighted by atomic mass is 15.1. The van der Waals surface area contributed by atoms with E-state index in [-0.39, 0.29) is 6.04 Å². The molecule has 0 aliphatic heterocycles. The normalized spacial score (nSPS) is 12.5. The number of para-hydroxylation sites is 1. The molecule has 1 atom stereocenters. The quantitative estimate of drug-likeness (QED) is 0.796. The van der Waals surface area contributed by atoms with Gasteiger partial charge in [0, 0.05) is 24.8 Å². The lowest BCUT2D eigenvalue weighted by atomic mass is 10.1. The molecule has 0 aromatic heterocycles. The number of nitrogens with zero attached hydrogens (tertiary/aromatic N) is 1. The van der Waals surface area contributed by atoms with Gasteiger partial charge in [-0.2, -0.15) is 0 Å². The van der Waals surface area contributed by atoms with Gasteiger partial charge in [-0.25, -0.2) is 0 Å². The van der Waals surface area contributed by atoms with Crippen molar-refractivity contribution in [3.8, 4) is 0 Å². The minimum Gasteiger partial charge on any atom is -0.372 e. The van der Waals surface area contributed by atoms with Crippen LogP contribution in [0, 0.1) is 0 Å². The van der Waals surface area contributed by atoms with Crippen molar-refractivity contribution in [1.82, 2.24) is 0 Å². The van der Waals surface area contributed by atoms with E-state index in [2.05, 4.69) is 43.0 Å². The Morgan fingerprint density at radius 1 is 1.25 bits per heavy atom. The second-order valence-electron chi connectivity index (χ2n) is 4.28. The van der Waals surface area contributed by atoms with Crippen LogP contribution in [0.4, 0.5) is 5.69 Å². The summed E-state index contributed by atoms with van der Waals surface area (Å²) < 4.78 is 0. The maximum atomic E-state index is 6.01. The van der Waals surface area contributed by atoms with Crippen LogP contribution in [-0.4, -0.2) is 13.1 Å². The van der Waals surface area contributed by atoms with E-state index in [0.717, 1.165) is 13.1 Å². The van der Waals surface area contributed by atoms with Crippen LogP contribution in [0.2, 0.25) is 0 Å². The molecule has 1 aromatic carbocycles. The second kappa shape index (κ2) is 6.54. The molecule has 90 valence electrons. The van der Waals surface area contributed by atoms with Gasteiger partial charge in [0.15, 0.2) is 0 Å². The van der Waals surface area contributed by atoms with Gasteiger partial charge in [-0.15, -0.1) is 0 Å². The first-order chi connectivity index (χ1) is 7.70. The van der Waals surface area contributed by atoms with Crippen LogP contribution >= 0.6 is 0 Å². The molecule has 2 nitrogen and oxygen atoms in total. The predicted octanol–water partition coefficient (Wildman–Crippen LogP) is 3.33. The van der Waals surface area contributed by atoms with E-state index in [1.807, 2.05) is 6.92 Å². The minimum absolute atomic E-state index is 0.104. The smallest absolute Gasteiger partial charge is 0.0414 e. The molecule has 0 saturated carbocycles. The number of unbranched alkanes of at least 4 members (excludes halogenated alkanes) is 1. The van der Waals surface area contributed by atoms with Crippen molar-refractivity contribution < 1.29 is 0 Å². The highest BCUT2D eigenvalue weighted by Gasteiger charge is 2.11. The number of hydrogen-bond donors (Lipinski definition) is 1. The van der Waals surface area contributed by atoms with Gasteiger partial charge in [0.05, 0.1) is 0 Å². The molecule has 0 unspecified atom stereocenters. The topological polar surface area (TPSA) is 29.3 Å². The molecular weight excluding hydrogens is 196 g/mol. The number of anilines is 1. The Kier molecular flexibility index (Phi) is 5.33. The number of nitrogens with two attached hydrogens (primary N) is 1. The van der Waals surface area contributed by atoms with Gasteiger partial charge in [-0.3, -0.25) is 0 Å². The summed E-state index contributed by atoms with van der Waals surface area (Å²) in [5, 5.41) is 0. The van der Waals surface area contributed by atoms with Gasteiger partial charge in [0.1, 0.15) is 0 Å². The van der Waals surface area contributed by atoms with Crippen LogP contribution in [0.5, 0.6) is 0 Å². The SMILES string of the molecule is CCCCN(CC)c1ccccc1[C@@H](C)N. The lowest BCUT2D eigenvalue weighted by molar-refractivity contribution is 0.720. The Labute approximate surface area is 99.5 Å². The highest BCUT2D eigenvalue weighted by Crippen LogP contribution is 2.25. The van der Waals surface area contributed by atoms with Crippen LogP contribution < -0.4 is 10.6 Å². The van der Waals surface area contributed by atoms with E-state index < -0.39 is 0 Å². The molecule has 16 heavy (non-hydrogen) atoms. The van der Waals surface area contributed by atoms with Crippen molar-refractivity contribution >= 4 is 5.69 Å². The Morgan fingerprint density at radius 3 is 2.50 bits per heavy atom. The van der Waals surface area contributed by atoms with Gasteiger partial charge in [0.2, 0.25) is 0 Å². The number of hydrogen-bond acceptors (Lipinski definition) is 2. The first kappa shape index (κ1) is 13.0. The largest absolute Gasteiger partial charge is 0.372 e. The molecule has 2 heteroatoms. The van der Waals surface area contributed by atoms with Crippen molar-refractivity contribution in [3.63, 3.8) is 0 Å². The van der Waals surface area contributed by atoms with Crippen molar-refractivity contribution in [2.24, 2.45) is 5.73 Å². The van der Waals surface area contributed by atoms with Gasteiger partial charge in [-0.05, 0) is 31.9 Å². The molecule has 1 rings (SSSR count). The van der Waals surface area contributed by atoms with Crippen molar-refractivity contribution in [2.75, 3.05) is 18.0 Å². The highest BCUT2D eigenvalue weighted by molar-refractivity contribution is 5.54. The van der Waals surface area contributed by atoms with Crippen LogP contribution in [0.1, 0.15) is 45.2 Å². The third-order valence-electron chi connectivity index (χ3n) is 2.93. The summed E-state index contributed by atoms with van der Waals surface area (Å²) in [6.45, 7) is 8.64. The van der Waals surface area contributed by atoms with Gasteiger partial charge in [0.25, 0.3) is 0 Å². The monoisotopic (exact) mass is 220 g/mol. The van der Waals surface area contributed by atoms with Crippen LogP contribution in [0.15, 0.2) is 24.3 Å². The zero-order chi connectivity index (χ0) is 12.0.